The van der Waals surface area contributed by atoms with Crippen molar-refractivity contribution in [2.75, 3.05) is 29.3 Å². The van der Waals surface area contributed by atoms with Crippen LogP contribution >= 0.6 is 11.3 Å². The van der Waals surface area contributed by atoms with E-state index in [0.717, 1.165) is 29.7 Å². The van der Waals surface area contributed by atoms with E-state index >= 15 is 4.39 Å². The van der Waals surface area contributed by atoms with E-state index in [1.54, 1.807) is 9.80 Å². The number of aromatic nitrogens is 2. The first-order chi connectivity index (χ1) is 18.8. The topological polar surface area (TPSA) is 119 Å². The molecule has 3 aromatic rings. The summed E-state index contributed by atoms with van der Waals surface area (Å²) in [5, 5.41) is 9.25. The lowest BCUT2D eigenvalue weighted by atomic mass is 10.0. The number of thiazole rings is 1. The third-order valence-electron chi connectivity index (χ3n) is 6.85. The Morgan fingerprint density at radius 3 is 2.48 bits per heavy atom. The molecule has 1 saturated carbocycles. The van der Waals surface area contributed by atoms with Crippen LogP contribution in [0.25, 0.3) is 0 Å². The number of rotatable bonds is 7. The molecule has 0 radical (unpaired) electrons. The van der Waals surface area contributed by atoms with Crippen LogP contribution in [-0.4, -0.2) is 63.8 Å². The molecule has 1 aliphatic carbocycles. The molecule has 40 heavy (non-hydrogen) atoms. The van der Waals surface area contributed by atoms with Crippen LogP contribution in [0.5, 0.6) is 0 Å². The molecule has 0 bridgehead atoms. The molecule has 1 atom stereocenters. The van der Waals surface area contributed by atoms with Gasteiger partial charge in [0.05, 0.1) is 28.2 Å². The van der Waals surface area contributed by atoms with E-state index in [2.05, 4.69) is 14.7 Å². The molecule has 2 fully saturated rings. The fraction of sp³-hybridized carbons (Fsp3) is 0.375. The summed E-state index contributed by atoms with van der Waals surface area (Å²) in [6, 6.07) is 2.25. The molecule has 3 heterocycles. The Labute approximate surface area is 234 Å². The largest absolute Gasteiger partial charge is 0.350 e. The van der Waals surface area contributed by atoms with Gasteiger partial charge in [-0.1, -0.05) is 0 Å². The standard InChI is InChI=1S/C24H24F4N6O3S3/c1-13(2)40(36,37)23-31-19(11-38-23)39(35)32-18-9-14(25)7-16(27)20(18)21(29)34-6-5-33(12-24(34)3-4-24)22-17(28)8-15(26)10-30-22/h7-11,13,29,32H,3-6,12H2,1-2H3. The molecule has 1 unspecified atom stereocenters. The number of benzene rings is 1. The molecule has 214 valence electrons. The molecular weight excluding hydrogens is 592 g/mol. The van der Waals surface area contributed by atoms with Crippen molar-refractivity contribution >= 4 is 49.5 Å². The predicted molar refractivity (Wildman–Crippen MR) is 143 cm³/mol. The highest BCUT2D eigenvalue weighted by molar-refractivity contribution is 7.94. The van der Waals surface area contributed by atoms with Gasteiger partial charge in [-0.05, 0) is 32.8 Å². The van der Waals surface area contributed by atoms with Gasteiger partial charge in [-0.3, -0.25) is 10.1 Å². The maximum atomic E-state index is 15.2. The third kappa shape index (κ3) is 5.19. The zero-order valence-electron chi connectivity index (χ0n) is 21.2. The fourth-order valence-electron chi connectivity index (χ4n) is 4.56. The van der Waals surface area contributed by atoms with E-state index in [9.17, 15) is 25.8 Å². The van der Waals surface area contributed by atoms with Gasteiger partial charge >= 0.3 is 0 Å². The minimum atomic E-state index is -3.71. The van der Waals surface area contributed by atoms with Gasteiger partial charge in [0, 0.05) is 37.1 Å². The Morgan fingerprint density at radius 1 is 1.12 bits per heavy atom. The number of hydrogen-bond donors (Lipinski definition) is 2. The number of sulfone groups is 1. The van der Waals surface area contributed by atoms with Gasteiger partial charge in [0.1, 0.15) is 23.3 Å². The van der Waals surface area contributed by atoms with Crippen LogP contribution in [0.3, 0.4) is 0 Å². The van der Waals surface area contributed by atoms with E-state index in [1.165, 1.54) is 19.2 Å². The number of anilines is 2. The van der Waals surface area contributed by atoms with Crippen LogP contribution in [0.4, 0.5) is 29.1 Å². The van der Waals surface area contributed by atoms with Crippen LogP contribution in [0.1, 0.15) is 32.3 Å². The quantitative estimate of drug-likeness (QED) is 0.233. The molecule has 1 saturated heterocycles. The number of nitrogens with zero attached hydrogens (tertiary/aromatic N) is 4. The van der Waals surface area contributed by atoms with Crippen molar-refractivity contribution in [3.63, 3.8) is 0 Å². The van der Waals surface area contributed by atoms with Crippen molar-refractivity contribution in [3.05, 3.63) is 58.6 Å². The van der Waals surface area contributed by atoms with E-state index < -0.39 is 54.9 Å². The Morgan fingerprint density at radius 2 is 1.82 bits per heavy atom. The third-order valence-corrected chi connectivity index (χ3v) is 11.4. The SMILES string of the molecule is CC(C)S(=O)(=O)c1nc(S(=O)Nc2cc(F)cc(F)c2C(=N)N2CCN(c3ncc(F)cc3F)CC23CC3)cs1. The van der Waals surface area contributed by atoms with Crippen molar-refractivity contribution in [2.45, 2.75) is 46.8 Å². The minimum absolute atomic E-state index is 0.0216. The summed E-state index contributed by atoms with van der Waals surface area (Å²) in [6.07, 6.45) is 2.14. The monoisotopic (exact) mass is 616 g/mol. The zero-order valence-corrected chi connectivity index (χ0v) is 23.7. The Kier molecular flexibility index (Phi) is 7.37. The molecule has 2 aliphatic rings. The van der Waals surface area contributed by atoms with E-state index in [0.29, 0.717) is 18.9 Å². The first kappa shape index (κ1) is 28.4. The average molecular weight is 617 g/mol. The lowest BCUT2D eigenvalue weighted by molar-refractivity contribution is 0.257. The molecule has 0 amide bonds. The maximum absolute atomic E-state index is 15.2. The first-order valence-corrected chi connectivity index (χ1v) is 15.7. The molecule has 9 nitrogen and oxygen atoms in total. The Hall–Kier alpha value is -3.11. The summed E-state index contributed by atoms with van der Waals surface area (Å²) in [6.45, 7) is 3.58. The van der Waals surface area contributed by atoms with Crippen molar-refractivity contribution in [2.24, 2.45) is 0 Å². The van der Waals surface area contributed by atoms with Crippen molar-refractivity contribution in [1.29, 1.82) is 5.41 Å². The lowest BCUT2D eigenvalue weighted by Gasteiger charge is -2.44. The zero-order chi connectivity index (χ0) is 29.0. The Bertz CT molecular complexity index is 1630. The van der Waals surface area contributed by atoms with Crippen LogP contribution in [0.2, 0.25) is 0 Å². The highest BCUT2D eigenvalue weighted by atomic mass is 32.2. The second kappa shape index (κ2) is 10.4. The number of pyridine rings is 1. The van der Waals surface area contributed by atoms with Crippen molar-refractivity contribution in [3.8, 4) is 0 Å². The summed E-state index contributed by atoms with van der Waals surface area (Å²) in [7, 11) is -5.91. The van der Waals surface area contributed by atoms with E-state index in [-0.39, 0.29) is 51.9 Å². The van der Waals surface area contributed by atoms with Crippen LogP contribution in [0, 0.1) is 28.7 Å². The second-order valence-corrected chi connectivity index (χ2v) is 14.5. The molecule has 16 heteroatoms. The normalized spacial score (nSPS) is 17.4. The summed E-state index contributed by atoms with van der Waals surface area (Å²) in [4.78, 5) is 11.1. The van der Waals surface area contributed by atoms with Gasteiger partial charge in [0.15, 0.2) is 27.6 Å². The van der Waals surface area contributed by atoms with Gasteiger partial charge in [-0.2, -0.15) is 0 Å². The summed E-state index contributed by atoms with van der Waals surface area (Å²) < 4.78 is 97.2. The maximum Gasteiger partial charge on any atom is 0.210 e. The van der Waals surface area contributed by atoms with E-state index in [1.807, 2.05) is 0 Å². The Balaban J connectivity index is 1.40. The second-order valence-electron chi connectivity index (χ2n) is 9.83. The van der Waals surface area contributed by atoms with E-state index in [4.69, 9.17) is 5.41 Å². The van der Waals surface area contributed by atoms with Crippen LogP contribution in [0.15, 0.2) is 39.1 Å². The van der Waals surface area contributed by atoms with Gasteiger partial charge in [-0.25, -0.2) is 40.2 Å². The van der Waals surface area contributed by atoms with Crippen molar-refractivity contribution in [1.82, 2.24) is 14.9 Å². The highest BCUT2D eigenvalue weighted by Gasteiger charge is 2.53. The smallest absolute Gasteiger partial charge is 0.210 e. The lowest BCUT2D eigenvalue weighted by Crippen LogP contribution is -2.57. The van der Waals surface area contributed by atoms with Gasteiger partial charge in [0.2, 0.25) is 14.2 Å². The fourth-order valence-corrected chi connectivity index (χ4v) is 8.10. The molecule has 2 aromatic heterocycles. The number of piperazine rings is 1. The first-order valence-electron chi connectivity index (χ1n) is 12.1. The van der Waals surface area contributed by atoms with Gasteiger partial charge < -0.3 is 9.80 Å². The van der Waals surface area contributed by atoms with Crippen LogP contribution in [-0.2, 0) is 20.8 Å². The molecule has 5 rings (SSSR count). The number of hydrogen-bond acceptors (Lipinski definition) is 8. The molecule has 2 N–H and O–H groups in total. The van der Waals surface area contributed by atoms with Gasteiger partial charge in [0.25, 0.3) is 0 Å². The summed E-state index contributed by atoms with van der Waals surface area (Å²) >= 11 is 0.783. The average Bonchev–Trinajstić information content (AvgIpc) is 3.43. The highest BCUT2D eigenvalue weighted by Crippen LogP contribution is 2.46. The minimum Gasteiger partial charge on any atom is -0.350 e. The summed E-state index contributed by atoms with van der Waals surface area (Å²) in [5.41, 5.74) is -1.25. The molecule has 1 aromatic carbocycles. The molecular formula is C24H24F4N6O3S3. The van der Waals surface area contributed by atoms with Crippen LogP contribution < -0.4 is 9.62 Å². The number of amidine groups is 1. The predicted octanol–water partition coefficient (Wildman–Crippen LogP) is 4.09. The van der Waals surface area contributed by atoms with Gasteiger partial charge in [-0.15, -0.1) is 11.3 Å². The number of nitrogens with one attached hydrogen (secondary N) is 2. The molecule has 1 aliphatic heterocycles. The molecule has 1 spiro atoms. The number of halogens is 4. The van der Waals surface area contributed by atoms with Crippen molar-refractivity contribution < 1.29 is 30.2 Å². The summed E-state index contributed by atoms with van der Waals surface area (Å²) in [5.74, 6) is -3.96.